The van der Waals surface area contributed by atoms with Gasteiger partial charge in [-0.3, -0.25) is 4.79 Å². The van der Waals surface area contributed by atoms with Gasteiger partial charge in [-0.15, -0.1) is 10.2 Å². The minimum atomic E-state index is -2.47. The third-order valence-corrected chi connectivity index (χ3v) is 3.50. The highest BCUT2D eigenvalue weighted by Gasteiger charge is 2.28. The summed E-state index contributed by atoms with van der Waals surface area (Å²) in [6.45, 7) is -2.24. The van der Waals surface area contributed by atoms with Gasteiger partial charge in [0, 0.05) is 22.1 Å². The molecule has 1 amide bonds. The average molecular weight is 330 g/mol. The molecule has 1 aliphatic rings. The number of aryl methyl sites for hydroxylation is 2. The molecule has 1 aromatic carbocycles. The van der Waals surface area contributed by atoms with E-state index in [-0.39, 0.29) is 24.3 Å². The van der Waals surface area contributed by atoms with Gasteiger partial charge in [0.05, 0.1) is 13.1 Å². The zero-order chi connectivity index (χ0) is 19.2. The summed E-state index contributed by atoms with van der Waals surface area (Å²) in [5.41, 5.74) is 1.30. The van der Waals surface area contributed by atoms with Crippen molar-refractivity contribution in [3.05, 3.63) is 35.5 Å². The van der Waals surface area contributed by atoms with Crippen molar-refractivity contribution in [1.29, 1.82) is 0 Å². The first-order chi connectivity index (χ1) is 12.8. The Morgan fingerprint density at radius 3 is 3.17 bits per heavy atom. The summed E-state index contributed by atoms with van der Waals surface area (Å²) in [6, 6.07) is 4.73. The maximum atomic E-state index is 12.2. The normalized spacial score (nSPS) is 18.2. The minimum Gasteiger partial charge on any atom is -0.491 e. The van der Waals surface area contributed by atoms with E-state index in [0.717, 1.165) is 5.56 Å². The molecule has 3 aromatic rings. The van der Waals surface area contributed by atoms with Crippen molar-refractivity contribution in [2.45, 2.75) is 12.9 Å². The molecular formula is C14H13N7O3. The molecule has 10 nitrogen and oxygen atoms in total. The first-order valence-electron chi connectivity index (χ1n) is 8.47. The molecule has 4 rings (SSSR count). The quantitative estimate of drug-likeness (QED) is 0.734. The number of benzene rings is 1. The molecule has 2 aromatic heterocycles. The van der Waals surface area contributed by atoms with Crippen LogP contribution in [0.1, 0.15) is 32.2 Å². The van der Waals surface area contributed by atoms with Gasteiger partial charge in [0.15, 0.2) is 0 Å². The number of carbonyl (C=O) groups is 1. The number of fused-ring (bicyclic) bond motifs is 1. The van der Waals surface area contributed by atoms with Crippen molar-refractivity contribution in [3.8, 4) is 17.1 Å². The average Bonchev–Trinajstić information content (AvgIpc) is 3.33. The third-order valence-electron chi connectivity index (χ3n) is 3.50. The zero-order valence-corrected chi connectivity index (χ0v) is 12.4. The Morgan fingerprint density at radius 1 is 1.50 bits per heavy atom. The van der Waals surface area contributed by atoms with E-state index in [9.17, 15) is 4.79 Å². The number of carbonyl (C=O) groups excluding carboxylic acids is 1. The van der Waals surface area contributed by atoms with E-state index < -0.39 is 18.6 Å². The SMILES string of the molecule is [2H]C([2H])([2H])c1nc(-c2ccc3c(c2)OC[C@H]3NC(=O)c2nnn(C)n2)no1. The van der Waals surface area contributed by atoms with Crippen molar-refractivity contribution in [3.63, 3.8) is 0 Å². The van der Waals surface area contributed by atoms with Crippen LogP contribution in [0.3, 0.4) is 0 Å². The molecule has 1 atom stereocenters. The first-order valence-corrected chi connectivity index (χ1v) is 6.97. The molecule has 10 heteroatoms. The van der Waals surface area contributed by atoms with E-state index >= 15 is 0 Å². The first kappa shape index (κ1) is 11.3. The Hall–Kier alpha value is -3.30. The van der Waals surface area contributed by atoms with Gasteiger partial charge in [-0.25, -0.2) is 0 Å². The lowest BCUT2D eigenvalue weighted by Crippen LogP contribution is -2.30. The lowest BCUT2D eigenvalue weighted by atomic mass is 10.1. The number of rotatable bonds is 3. The molecule has 24 heavy (non-hydrogen) atoms. The van der Waals surface area contributed by atoms with E-state index in [4.69, 9.17) is 13.4 Å². The molecule has 1 aliphatic heterocycles. The highest BCUT2D eigenvalue weighted by molar-refractivity contribution is 5.90. The van der Waals surface area contributed by atoms with Crippen LogP contribution >= 0.6 is 0 Å². The Balaban J connectivity index is 1.54. The zero-order valence-electron chi connectivity index (χ0n) is 15.4. The van der Waals surface area contributed by atoms with Crippen LogP contribution in [-0.2, 0) is 7.05 Å². The Kier molecular flexibility index (Phi) is 2.54. The molecular weight excluding hydrogens is 314 g/mol. The number of ether oxygens (including phenoxy) is 1. The molecule has 0 aliphatic carbocycles. The maximum absolute atomic E-state index is 12.2. The smallest absolute Gasteiger partial charge is 0.293 e. The number of nitrogens with zero attached hydrogens (tertiary/aromatic N) is 6. The van der Waals surface area contributed by atoms with Gasteiger partial charge in [-0.2, -0.15) is 9.78 Å². The molecule has 0 saturated carbocycles. The molecule has 0 saturated heterocycles. The Labute approximate surface area is 140 Å². The van der Waals surface area contributed by atoms with E-state index in [1.54, 1.807) is 25.2 Å². The fourth-order valence-corrected chi connectivity index (χ4v) is 2.41. The maximum Gasteiger partial charge on any atom is 0.293 e. The molecule has 0 bridgehead atoms. The minimum absolute atomic E-state index is 0.0356. The van der Waals surface area contributed by atoms with Gasteiger partial charge in [-0.05, 0) is 11.3 Å². The van der Waals surface area contributed by atoms with E-state index in [2.05, 4.69) is 30.9 Å². The molecule has 0 spiro atoms. The summed E-state index contributed by atoms with van der Waals surface area (Å²) in [7, 11) is 1.56. The molecule has 0 fully saturated rings. The second-order valence-corrected chi connectivity index (χ2v) is 5.12. The predicted molar refractivity (Wildman–Crippen MR) is 79.0 cm³/mol. The van der Waals surface area contributed by atoms with Crippen molar-refractivity contribution in [1.82, 2.24) is 35.7 Å². The van der Waals surface area contributed by atoms with Crippen molar-refractivity contribution < 1.29 is 18.2 Å². The molecule has 1 N–H and O–H groups in total. The molecule has 3 heterocycles. The number of tetrazole rings is 1. The molecule has 0 unspecified atom stereocenters. The summed E-state index contributed by atoms with van der Waals surface area (Å²) in [6.07, 6.45) is 0. The van der Waals surface area contributed by atoms with Gasteiger partial charge in [0.2, 0.25) is 11.7 Å². The standard InChI is InChI=1S/C14H13N7O3/c1-7-15-12(19-24-7)8-3-4-9-10(6-23-11(9)5-8)16-14(22)13-17-20-21(2)18-13/h3-5,10H,6H2,1-2H3,(H,16,22)/t10-/m1/s1/i1D3. The van der Waals surface area contributed by atoms with Gasteiger partial charge < -0.3 is 14.6 Å². The van der Waals surface area contributed by atoms with Crippen LogP contribution < -0.4 is 10.1 Å². The second-order valence-electron chi connectivity index (χ2n) is 5.12. The van der Waals surface area contributed by atoms with Crippen molar-refractivity contribution in [2.24, 2.45) is 7.05 Å². The fraction of sp³-hybridized carbons (Fsp3) is 0.286. The van der Waals surface area contributed by atoms with Crippen molar-refractivity contribution in [2.75, 3.05) is 6.61 Å². The Bertz CT molecular complexity index is 1010. The van der Waals surface area contributed by atoms with E-state index in [0.29, 0.717) is 11.3 Å². The van der Waals surface area contributed by atoms with Crippen LogP contribution in [-0.4, -0.2) is 42.9 Å². The second kappa shape index (κ2) is 5.41. The topological polar surface area (TPSA) is 121 Å². The van der Waals surface area contributed by atoms with Crippen molar-refractivity contribution >= 4 is 5.91 Å². The number of hydrogen-bond acceptors (Lipinski definition) is 8. The van der Waals surface area contributed by atoms with Crippen LogP contribution in [0.2, 0.25) is 0 Å². The number of hydrogen-bond donors (Lipinski definition) is 1. The van der Waals surface area contributed by atoms with E-state index in [1.165, 1.54) is 4.80 Å². The summed E-state index contributed by atoms with van der Waals surface area (Å²) in [4.78, 5) is 17.3. The lowest BCUT2D eigenvalue weighted by Gasteiger charge is -2.09. The number of nitrogens with one attached hydrogen (secondary N) is 1. The largest absolute Gasteiger partial charge is 0.491 e. The van der Waals surface area contributed by atoms with Crippen LogP contribution in [0.25, 0.3) is 11.4 Å². The lowest BCUT2D eigenvalue weighted by molar-refractivity contribution is 0.0919. The Morgan fingerprint density at radius 2 is 2.42 bits per heavy atom. The highest BCUT2D eigenvalue weighted by Crippen LogP contribution is 2.35. The monoisotopic (exact) mass is 330 g/mol. The summed E-state index contributed by atoms with van der Waals surface area (Å²) in [5.74, 6) is -0.255. The van der Waals surface area contributed by atoms with Gasteiger partial charge in [0.25, 0.3) is 11.7 Å². The summed E-state index contributed by atoms with van der Waals surface area (Å²) < 4.78 is 32.3. The van der Waals surface area contributed by atoms with Gasteiger partial charge >= 0.3 is 0 Å². The molecule has 122 valence electrons. The van der Waals surface area contributed by atoms with Gasteiger partial charge in [-0.1, -0.05) is 17.3 Å². The van der Waals surface area contributed by atoms with Crippen LogP contribution in [0.5, 0.6) is 5.75 Å². The fourth-order valence-electron chi connectivity index (χ4n) is 2.41. The van der Waals surface area contributed by atoms with Crippen LogP contribution in [0.15, 0.2) is 22.7 Å². The van der Waals surface area contributed by atoms with E-state index in [1.807, 2.05) is 0 Å². The summed E-state index contributed by atoms with van der Waals surface area (Å²) >= 11 is 0. The van der Waals surface area contributed by atoms with Gasteiger partial charge in [0.1, 0.15) is 12.4 Å². The number of amides is 1. The third kappa shape index (κ3) is 2.47. The highest BCUT2D eigenvalue weighted by atomic mass is 16.5. The molecule has 0 radical (unpaired) electrons. The van der Waals surface area contributed by atoms with Crippen LogP contribution in [0, 0.1) is 6.85 Å². The number of aromatic nitrogens is 6. The van der Waals surface area contributed by atoms with Crippen LogP contribution in [0.4, 0.5) is 0 Å². The predicted octanol–water partition coefficient (Wildman–Crippen LogP) is 0.432. The summed E-state index contributed by atoms with van der Waals surface area (Å²) in [5, 5.41) is 17.6.